The monoisotopic (exact) mass is 447 g/mol. The average Bonchev–Trinajstić information content (AvgIpc) is 2.63. The molecule has 4 nitrogen and oxygen atoms in total. The maximum Gasteiger partial charge on any atom is 0.266 e. The van der Waals surface area contributed by atoms with Gasteiger partial charge in [0.15, 0.2) is 0 Å². The van der Waals surface area contributed by atoms with Gasteiger partial charge < -0.3 is 0 Å². The predicted molar refractivity (Wildman–Crippen MR) is 112 cm³/mol. The van der Waals surface area contributed by atoms with Crippen LogP contribution in [0.3, 0.4) is 0 Å². The normalized spacial score (nSPS) is 12.7. The predicted octanol–water partition coefficient (Wildman–Crippen LogP) is 5.47. The van der Waals surface area contributed by atoms with Gasteiger partial charge in [-0.3, -0.25) is 9.10 Å². The Morgan fingerprint density at radius 3 is 2.11 bits per heavy atom. The van der Waals surface area contributed by atoms with Gasteiger partial charge in [0.2, 0.25) is 5.24 Å². The Morgan fingerprint density at radius 2 is 1.63 bits per heavy atom. The molecule has 0 saturated heterocycles. The third-order valence-electron chi connectivity index (χ3n) is 4.30. The molecule has 1 unspecified atom stereocenters. The quantitative estimate of drug-likeness (QED) is 0.528. The summed E-state index contributed by atoms with van der Waals surface area (Å²) in [5.41, 5.74) is 2.04. The second kappa shape index (κ2) is 8.82. The molecule has 2 aromatic carbocycles. The number of sulfonamides is 1. The minimum absolute atomic E-state index is 0.0191. The largest absolute Gasteiger partial charge is 0.279 e. The zero-order valence-corrected chi connectivity index (χ0v) is 18.3. The maximum absolute atomic E-state index is 13.6. The van der Waals surface area contributed by atoms with Crippen molar-refractivity contribution >= 4 is 55.8 Å². The molecule has 0 heterocycles. The summed E-state index contributed by atoms with van der Waals surface area (Å²) < 4.78 is 28.2. The van der Waals surface area contributed by atoms with Crippen LogP contribution in [-0.2, 0) is 27.7 Å². The number of benzene rings is 2. The summed E-state index contributed by atoms with van der Waals surface area (Å²) in [7, 11) is -4.21. The number of carbonyl (C=O) groups is 1. The average molecular weight is 449 g/mol. The van der Waals surface area contributed by atoms with E-state index >= 15 is 0 Å². The summed E-state index contributed by atoms with van der Waals surface area (Å²) in [6.45, 7) is 5.29. The molecule has 27 heavy (non-hydrogen) atoms. The number of hydrogen-bond donors (Lipinski definition) is 0. The van der Waals surface area contributed by atoms with E-state index < -0.39 is 21.3 Å². The lowest BCUT2D eigenvalue weighted by Crippen LogP contribution is -2.43. The van der Waals surface area contributed by atoms with Gasteiger partial charge in [-0.05, 0) is 60.7 Å². The van der Waals surface area contributed by atoms with Crippen LogP contribution in [0.25, 0.3) is 0 Å². The van der Waals surface area contributed by atoms with Crippen LogP contribution >= 0.6 is 34.8 Å². The molecule has 0 aliphatic carbocycles. The number of para-hydroxylation sites is 1. The minimum Gasteiger partial charge on any atom is -0.279 e. The first kappa shape index (κ1) is 22.0. The molecule has 8 heteroatoms. The molecular formula is C19H20Cl3NO3S. The third-order valence-corrected chi connectivity index (χ3v) is 7.20. The zero-order valence-electron chi connectivity index (χ0n) is 15.2. The molecule has 0 fully saturated rings. The van der Waals surface area contributed by atoms with Gasteiger partial charge in [-0.25, -0.2) is 8.42 Å². The van der Waals surface area contributed by atoms with E-state index in [1.54, 1.807) is 0 Å². The fourth-order valence-electron chi connectivity index (χ4n) is 2.89. The fourth-order valence-corrected chi connectivity index (χ4v) is 5.48. The summed E-state index contributed by atoms with van der Waals surface area (Å²) in [5, 5.41) is -0.544. The Balaban J connectivity index is 2.86. The van der Waals surface area contributed by atoms with Gasteiger partial charge in [0.1, 0.15) is 10.9 Å². The molecule has 0 aliphatic heterocycles. The van der Waals surface area contributed by atoms with E-state index in [0.717, 1.165) is 15.4 Å². The summed E-state index contributed by atoms with van der Waals surface area (Å²) in [4.78, 5) is 11.8. The van der Waals surface area contributed by atoms with Crippen LogP contribution in [0.4, 0.5) is 5.69 Å². The summed E-state index contributed by atoms with van der Waals surface area (Å²) >= 11 is 17.9. The van der Waals surface area contributed by atoms with E-state index in [-0.39, 0.29) is 14.9 Å². The van der Waals surface area contributed by atoms with Gasteiger partial charge in [-0.1, -0.05) is 55.2 Å². The highest BCUT2D eigenvalue weighted by molar-refractivity contribution is 7.93. The number of aryl methyl sites for hydroxylation is 2. The van der Waals surface area contributed by atoms with Gasteiger partial charge >= 0.3 is 0 Å². The SMILES string of the molecule is CCc1cccc(CC)c1N(C(C)C(=O)Cl)S(=O)(=O)c1cc(Cl)ccc1Cl. The number of halogens is 3. The fraction of sp³-hybridized carbons (Fsp3) is 0.316. The summed E-state index contributed by atoms with van der Waals surface area (Å²) in [6.07, 6.45) is 1.17. The van der Waals surface area contributed by atoms with Crippen molar-refractivity contribution in [3.63, 3.8) is 0 Å². The standard InChI is InChI=1S/C19H20Cl3NO3S/c1-4-13-7-6-8-14(5-2)18(13)23(12(3)19(22)24)27(25,26)17-11-15(20)9-10-16(17)21/h6-12H,4-5H2,1-3H3. The van der Waals surface area contributed by atoms with E-state index in [2.05, 4.69) is 0 Å². The number of carbonyl (C=O) groups excluding carboxylic acids is 1. The van der Waals surface area contributed by atoms with Gasteiger partial charge in [0, 0.05) is 5.02 Å². The van der Waals surface area contributed by atoms with Crippen LogP contribution in [-0.4, -0.2) is 19.7 Å². The highest BCUT2D eigenvalue weighted by atomic mass is 35.5. The second-order valence-electron chi connectivity index (χ2n) is 5.99. The van der Waals surface area contributed by atoms with Crippen molar-refractivity contribution in [1.82, 2.24) is 0 Å². The van der Waals surface area contributed by atoms with Gasteiger partial charge in [0.25, 0.3) is 10.0 Å². The maximum atomic E-state index is 13.6. The van der Waals surface area contributed by atoms with Crippen molar-refractivity contribution in [3.8, 4) is 0 Å². The molecule has 0 radical (unpaired) electrons. The highest BCUT2D eigenvalue weighted by Gasteiger charge is 2.36. The molecule has 0 saturated carbocycles. The van der Waals surface area contributed by atoms with Crippen LogP contribution < -0.4 is 4.31 Å². The van der Waals surface area contributed by atoms with Crippen LogP contribution in [0.2, 0.25) is 10.0 Å². The van der Waals surface area contributed by atoms with E-state index in [4.69, 9.17) is 34.8 Å². The molecule has 0 aliphatic rings. The molecular weight excluding hydrogens is 429 g/mol. The number of hydrogen-bond acceptors (Lipinski definition) is 3. The Hall–Kier alpha value is -1.27. The third kappa shape index (κ3) is 4.43. The molecule has 1 atom stereocenters. The van der Waals surface area contributed by atoms with Crippen molar-refractivity contribution in [1.29, 1.82) is 0 Å². The van der Waals surface area contributed by atoms with Crippen molar-refractivity contribution in [2.24, 2.45) is 0 Å². The van der Waals surface area contributed by atoms with Crippen molar-refractivity contribution in [2.45, 2.75) is 44.6 Å². The number of nitrogens with zero attached hydrogens (tertiary/aromatic N) is 1. The van der Waals surface area contributed by atoms with Crippen LogP contribution in [0, 0.1) is 0 Å². The van der Waals surface area contributed by atoms with Crippen LogP contribution in [0.1, 0.15) is 31.9 Å². The Bertz CT molecular complexity index is 938. The first-order chi connectivity index (χ1) is 12.6. The molecule has 2 aromatic rings. The van der Waals surface area contributed by atoms with E-state index in [9.17, 15) is 13.2 Å². The first-order valence-electron chi connectivity index (χ1n) is 8.44. The number of rotatable bonds is 7. The lowest BCUT2D eigenvalue weighted by atomic mass is 10.0. The van der Waals surface area contributed by atoms with E-state index in [0.29, 0.717) is 18.5 Å². The van der Waals surface area contributed by atoms with E-state index in [1.807, 2.05) is 32.0 Å². The van der Waals surface area contributed by atoms with Crippen molar-refractivity contribution in [3.05, 3.63) is 57.6 Å². The summed E-state index contributed by atoms with van der Waals surface area (Å²) in [5.74, 6) is 0. The molecule has 0 aromatic heterocycles. The minimum atomic E-state index is -4.21. The van der Waals surface area contributed by atoms with Crippen LogP contribution in [0.5, 0.6) is 0 Å². The number of anilines is 1. The molecule has 2 rings (SSSR count). The second-order valence-corrected chi connectivity index (χ2v) is 8.99. The molecule has 0 spiro atoms. The van der Waals surface area contributed by atoms with Gasteiger partial charge in [-0.15, -0.1) is 0 Å². The van der Waals surface area contributed by atoms with Crippen LogP contribution in [0.15, 0.2) is 41.3 Å². The van der Waals surface area contributed by atoms with E-state index in [1.165, 1.54) is 25.1 Å². The molecule has 146 valence electrons. The Kier molecular flexibility index (Phi) is 7.20. The first-order valence-corrected chi connectivity index (χ1v) is 11.0. The molecule has 0 bridgehead atoms. The lowest BCUT2D eigenvalue weighted by Gasteiger charge is -2.32. The zero-order chi connectivity index (χ0) is 20.4. The Morgan fingerprint density at radius 1 is 1.07 bits per heavy atom. The molecule has 0 amide bonds. The molecule has 0 N–H and O–H groups in total. The van der Waals surface area contributed by atoms with Crippen molar-refractivity contribution in [2.75, 3.05) is 4.31 Å². The van der Waals surface area contributed by atoms with Gasteiger partial charge in [0.05, 0.1) is 10.7 Å². The van der Waals surface area contributed by atoms with Gasteiger partial charge in [-0.2, -0.15) is 0 Å². The highest BCUT2D eigenvalue weighted by Crippen LogP contribution is 2.36. The topological polar surface area (TPSA) is 54.5 Å². The van der Waals surface area contributed by atoms with Crippen molar-refractivity contribution < 1.29 is 13.2 Å². The smallest absolute Gasteiger partial charge is 0.266 e. The Labute approximate surface area is 175 Å². The summed E-state index contributed by atoms with van der Waals surface area (Å²) in [6, 6.07) is 8.60. The lowest BCUT2D eigenvalue weighted by molar-refractivity contribution is -0.112.